The third-order valence-electron chi connectivity index (χ3n) is 6.07. The molecule has 5 rings (SSSR count). The Morgan fingerprint density at radius 1 is 1.40 bits per heavy atom. The number of thiophene rings is 2. The molecule has 2 aliphatic carbocycles. The number of carbonyl (C=O) groups is 1. The molecule has 4 N–H and O–H groups in total. The van der Waals surface area contributed by atoms with E-state index in [9.17, 15) is 0 Å². The molecule has 2 fully saturated rings. The van der Waals surface area contributed by atoms with Crippen LogP contribution in [0.25, 0.3) is 10.2 Å². The Kier molecular flexibility index (Phi) is 6.99. The lowest BCUT2D eigenvalue weighted by atomic mass is 9.76. The molecule has 0 aliphatic heterocycles. The van der Waals surface area contributed by atoms with Crippen LogP contribution in [0.5, 0.6) is 0 Å². The largest absolute Gasteiger partial charge is 0.483 e. The fourth-order valence-corrected chi connectivity index (χ4v) is 8.07. The summed E-state index contributed by atoms with van der Waals surface area (Å²) in [6.45, 7) is 0.547. The number of pyridine rings is 1. The first-order valence-electron chi connectivity index (χ1n) is 9.90. The van der Waals surface area contributed by atoms with Crippen molar-refractivity contribution in [2.45, 2.75) is 44.2 Å². The summed E-state index contributed by atoms with van der Waals surface area (Å²) in [6, 6.07) is 6.41. The Bertz CT molecular complexity index is 1030. The van der Waals surface area contributed by atoms with Gasteiger partial charge in [-0.3, -0.25) is 4.79 Å². The lowest BCUT2D eigenvalue weighted by molar-refractivity contribution is -0.122. The van der Waals surface area contributed by atoms with E-state index in [1.807, 2.05) is 17.4 Å². The molecule has 3 heterocycles. The number of nitrogens with one attached hydrogen (secondary N) is 1. The lowest BCUT2D eigenvalue weighted by Gasteiger charge is -2.34. The van der Waals surface area contributed by atoms with Gasteiger partial charge in [-0.1, -0.05) is 24.1 Å². The summed E-state index contributed by atoms with van der Waals surface area (Å²) in [4.78, 5) is 15.7. The van der Waals surface area contributed by atoms with Crippen molar-refractivity contribution in [2.75, 3.05) is 5.32 Å². The summed E-state index contributed by atoms with van der Waals surface area (Å²) in [7, 11) is 0. The molecule has 30 heavy (non-hydrogen) atoms. The van der Waals surface area contributed by atoms with Gasteiger partial charge in [0.05, 0.1) is 20.4 Å². The van der Waals surface area contributed by atoms with Crippen LogP contribution in [0.1, 0.15) is 41.4 Å². The number of carboxylic acid groups (broad SMARTS) is 1. The molecule has 2 aliphatic rings. The Labute approximate surface area is 196 Å². The zero-order chi connectivity index (χ0) is 21.3. The molecule has 0 amide bonds. The fourth-order valence-electron chi connectivity index (χ4n) is 4.91. The van der Waals surface area contributed by atoms with E-state index in [4.69, 9.17) is 27.2 Å². The highest BCUT2D eigenvalue weighted by Gasteiger charge is 2.42. The maximum atomic E-state index is 8.36. The topological polar surface area (TPSA) is 88.2 Å². The fraction of sp³-hybridized carbons (Fsp3) is 0.429. The number of aromatic nitrogens is 1. The van der Waals surface area contributed by atoms with Crippen molar-refractivity contribution in [3.63, 3.8) is 0 Å². The molecule has 0 saturated heterocycles. The summed E-state index contributed by atoms with van der Waals surface area (Å²) in [5.74, 6) is 1.98. The number of nitrogens with zero attached hydrogens (tertiary/aromatic N) is 1. The average molecular weight is 529 g/mol. The van der Waals surface area contributed by atoms with Gasteiger partial charge in [-0.2, -0.15) is 0 Å². The van der Waals surface area contributed by atoms with Gasteiger partial charge in [0.1, 0.15) is 5.15 Å². The first kappa shape index (κ1) is 22.0. The molecule has 3 aromatic rings. The molecular weight excluding hydrogens is 506 g/mol. The normalized spacial score (nSPS) is 25.0. The van der Waals surface area contributed by atoms with Crippen LogP contribution in [0.15, 0.2) is 28.1 Å². The van der Waals surface area contributed by atoms with E-state index < -0.39 is 0 Å². The van der Waals surface area contributed by atoms with Crippen molar-refractivity contribution in [1.29, 1.82) is 0 Å². The number of hydrogen-bond donors (Lipinski definition) is 3. The molecular formula is C21H23BrClN3O2S2. The van der Waals surface area contributed by atoms with Crippen molar-refractivity contribution in [1.82, 2.24) is 4.98 Å². The number of halogens is 2. The van der Waals surface area contributed by atoms with Gasteiger partial charge in [0.25, 0.3) is 6.47 Å². The quantitative estimate of drug-likeness (QED) is 0.272. The van der Waals surface area contributed by atoms with Crippen LogP contribution >= 0.6 is 50.2 Å². The number of anilines is 1. The highest BCUT2D eigenvalue weighted by atomic mass is 79.9. The molecule has 2 bridgehead atoms. The highest BCUT2D eigenvalue weighted by molar-refractivity contribution is 9.10. The first-order valence-corrected chi connectivity index (χ1v) is 12.8. The zero-order valence-electron chi connectivity index (χ0n) is 16.2. The van der Waals surface area contributed by atoms with Crippen LogP contribution in [0.2, 0.25) is 5.15 Å². The second-order valence-electron chi connectivity index (χ2n) is 7.85. The summed E-state index contributed by atoms with van der Waals surface area (Å²) < 4.78 is 2.26. The number of nitrogens with two attached hydrogens (primary N) is 1. The number of hydrogen-bond acceptors (Lipinski definition) is 6. The molecule has 0 aromatic carbocycles. The maximum Gasteiger partial charge on any atom is 0.290 e. The summed E-state index contributed by atoms with van der Waals surface area (Å²) in [5.41, 5.74) is 8.66. The number of fused-ring (bicyclic) bond motifs is 3. The summed E-state index contributed by atoms with van der Waals surface area (Å²) in [5, 5.41) is 13.1. The Morgan fingerprint density at radius 2 is 2.20 bits per heavy atom. The van der Waals surface area contributed by atoms with Crippen LogP contribution in [-0.2, 0) is 11.3 Å². The molecule has 0 spiro atoms. The van der Waals surface area contributed by atoms with E-state index >= 15 is 0 Å². The smallest absolute Gasteiger partial charge is 0.290 e. The molecule has 2 unspecified atom stereocenters. The Hall–Kier alpha value is -1.19. The van der Waals surface area contributed by atoms with Crippen LogP contribution in [0.3, 0.4) is 0 Å². The summed E-state index contributed by atoms with van der Waals surface area (Å²) in [6.07, 6.45) is 5.13. The van der Waals surface area contributed by atoms with Crippen LogP contribution in [-0.4, -0.2) is 22.6 Å². The molecule has 3 aromatic heterocycles. The number of rotatable bonds is 4. The first-order chi connectivity index (χ1) is 14.5. The lowest BCUT2D eigenvalue weighted by Crippen LogP contribution is -2.36. The van der Waals surface area contributed by atoms with Gasteiger partial charge in [-0.15, -0.1) is 22.7 Å². The van der Waals surface area contributed by atoms with Crippen molar-refractivity contribution < 1.29 is 9.90 Å². The van der Waals surface area contributed by atoms with E-state index in [0.717, 1.165) is 34.6 Å². The van der Waals surface area contributed by atoms with Crippen molar-refractivity contribution in [3.05, 3.63) is 43.0 Å². The second kappa shape index (κ2) is 9.53. The minimum absolute atomic E-state index is 0.249. The van der Waals surface area contributed by atoms with Gasteiger partial charge in [0, 0.05) is 34.3 Å². The maximum absolute atomic E-state index is 8.36. The third kappa shape index (κ3) is 4.39. The van der Waals surface area contributed by atoms with Crippen LogP contribution < -0.4 is 11.1 Å². The molecule has 0 radical (unpaired) electrons. The SMILES string of the molecule is N[C@H]1CC2CCC(C2)[C@@H]1c1sc2c(NCc3cccs3)cc(Cl)nc2c1Br.O=CO. The van der Waals surface area contributed by atoms with Crippen LogP contribution in [0.4, 0.5) is 5.69 Å². The monoisotopic (exact) mass is 527 g/mol. The van der Waals surface area contributed by atoms with E-state index in [1.54, 1.807) is 11.3 Å². The van der Waals surface area contributed by atoms with Crippen LogP contribution in [0, 0.1) is 11.8 Å². The zero-order valence-corrected chi connectivity index (χ0v) is 20.2. The van der Waals surface area contributed by atoms with E-state index in [-0.39, 0.29) is 12.5 Å². The van der Waals surface area contributed by atoms with E-state index in [1.165, 1.54) is 33.7 Å². The van der Waals surface area contributed by atoms with Crippen molar-refractivity contribution in [3.8, 4) is 0 Å². The van der Waals surface area contributed by atoms with Gasteiger partial charge < -0.3 is 16.2 Å². The molecule has 5 nitrogen and oxygen atoms in total. The molecule has 4 atom stereocenters. The van der Waals surface area contributed by atoms with Gasteiger partial charge in [-0.25, -0.2) is 4.98 Å². The third-order valence-corrected chi connectivity index (χ3v) is 9.52. The minimum Gasteiger partial charge on any atom is -0.483 e. The average Bonchev–Trinajstić information content (AvgIpc) is 3.43. The van der Waals surface area contributed by atoms with Gasteiger partial charge in [-0.05, 0) is 58.5 Å². The standard InChI is InChI=1S/C20H21BrClN3S2.CH2O2/c21-17-18-19(14(8-15(22)25-18)24-9-12-2-1-5-26-12)27-20(17)16-11-4-3-10(6-11)7-13(16)23;2-1-3/h1-2,5,8,10-11,13,16H,3-4,6-7,9,23H2,(H,24,25);1H,(H,2,3)/t10?,11?,13-,16-;/m0./s1. The van der Waals surface area contributed by atoms with Gasteiger partial charge in [0.15, 0.2) is 0 Å². The van der Waals surface area contributed by atoms with Crippen molar-refractivity contribution >= 4 is 72.6 Å². The van der Waals surface area contributed by atoms with Gasteiger partial charge >= 0.3 is 0 Å². The summed E-state index contributed by atoms with van der Waals surface area (Å²) >= 11 is 13.8. The van der Waals surface area contributed by atoms with Crippen molar-refractivity contribution in [2.24, 2.45) is 17.6 Å². The second-order valence-corrected chi connectivity index (χ2v) is 11.1. The molecule has 2 saturated carbocycles. The van der Waals surface area contributed by atoms with E-state index in [2.05, 4.69) is 43.7 Å². The Balaban J connectivity index is 0.000000687. The molecule has 9 heteroatoms. The predicted molar refractivity (Wildman–Crippen MR) is 129 cm³/mol. The molecule has 160 valence electrons. The highest BCUT2D eigenvalue weighted by Crippen LogP contribution is 2.54. The minimum atomic E-state index is -0.250. The van der Waals surface area contributed by atoms with E-state index in [0.29, 0.717) is 17.0 Å². The van der Waals surface area contributed by atoms with Gasteiger partial charge in [0.2, 0.25) is 0 Å². The Morgan fingerprint density at radius 3 is 2.93 bits per heavy atom. The predicted octanol–water partition coefficient (Wildman–Crippen LogP) is 6.32.